The number of hydrogen-bond acceptors (Lipinski definition) is 6. The monoisotopic (exact) mass is 492 g/mol. The van der Waals surface area contributed by atoms with E-state index in [0.717, 1.165) is 30.8 Å². The minimum absolute atomic E-state index is 0.0416. The zero-order valence-electron chi connectivity index (χ0n) is 19.9. The second-order valence-electron chi connectivity index (χ2n) is 8.96. The fraction of sp³-hybridized carbons (Fsp3) is 0.500. The van der Waals surface area contributed by atoms with Crippen molar-refractivity contribution in [1.82, 2.24) is 5.32 Å². The fourth-order valence-electron chi connectivity index (χ4n) is 4.73. The Morgan fingerprint density at radius 2 is 1.86 bits per heavy atom. The zero-order chi connectivity index (χ0) is 25.0. The molecule has 0 spiro atoms. The molecule has 2 unspecified atom stereocenters. The predicted octanol–water partition coefficient (Wildman–Crippen LogP) is 4.68. The third-order valence-electron chi connectivity index (χ3n) is 6.53. The second kappa shape index (κ2) is 10.9. The number of carbonyl (C=O) groups excluding carboxylic acids is 1. The Labute approximate surface area is 203 Å². The summed E-state index contributed by atoms with van der Waals surface area (Å²) in [4.78, 5) is 14.3. The number of morpholine rings is 1. The van der Waals surface area contributed by atoms with Crippen molar-refractivity contribution in [3.05, 3.63) is 59.7 Å². The predicted molar refractivity (Wildman–Crippen MR) is 126 cm³/mol. The standard InChI is InChI=1S/C26H31F3N2O4/c1-3-33-25(32)18-4-8-20(9-5-18)31-16-23(14-21(31)15-24-17(2)30-12-13-34-24)35-22-10-6-19(7-11-22)26(27,28)29/h4-11,17,21,23-24,30H,3,12-16H2,1-2H3/t17?,21-,23+,24?/m0/s1. The number of esters is 1. The Kier molecular flexibility index (Phi) is 7.86. The van der Waals surface area contributed by atoms with Gasteiger partial charge in [0.1, 0.15) is 11.9 Å². The lowest BCUT2D eigenvalue weighted by Crippen LogP contribution is -2.49. The first-order chi connectivity index (χ1) is 16.7. The largest absolute Gasteiger partial charge is 0.489 e. The summed E-state index contributed by atoms with van der Waals surface area (Å²) >= 11 is 0. The van der Waals surface area contributed by atoms with Crippen LogP contribution in [0.3, 0.4) is 0 Å². The maximum atomic E-state index is 12.9. The van der Waals surface area contributed by atoms with Gasteiger partial charge in [-0.3, -0.25) is 0 Å². The Hall–Kier alpha value is -2.78. The number of halogens is 3. The van der Waals surface area contributed by atoms with E-state index in [1.54, 1.807) is 19.1 Å². The SMILES string of the molecule is CCOC(=O)c1ccc(N2C[C@H](Oc3ccc(C(F)(F)F)cc3)C[C@H]2CC2OCCNC2C)cc1. The highest BCUT2D eigenvalue weighted by Crippen LogP contribution is 2.34. The summed E-state index contributed by atoms with van der Waals surface area (Å²) in [5, 5.41) is 3.44. The number of nitrogens with zero attached hydrogens (tertiary/aromatic N) is 1. The van der Waals surface area contributed by atoms with Gasteiger partial charge in [0.2, 0.25) is 0 Å². The van der Waals surface area contributed by atoms with Gasteiger partial charge in [-0.05, 0) is 68.8 Å². The zero-order valence-corrected chi connectivity index (χ0v) is 19.9. The van der Waals surface area contributed by atoms with Gasteiger partial charge in [0.25, 0.3) is 0 Å². The van der Waals surface area contributed by atoms with Crippen LogP contribution in [0.4, 0.5) is 18.9 Å². The number of alkyl halides is 3. The molecule has 35 heavy (non-hydrogen) atoms. The molecule has 6 nitrogen and oxygen atoms in total. The highest BCUT2D eigenvalue weighted by atomic mass is 19.4. The molecule has 0 bridgehead atoms. The van der Waals surface area contributed by atoms with Crippen LogP contribution in [0.25, 0.3) is 0 Å². The minimum Gasteiger partial charge on any atom is -0.489 e. The summed E-state index contributed by atoms with van der Waals surface area (Å²) in [6.45, 7) is 6.22. The number of nitrogens with one attached hydrogen (secondary N) is 1. The molecule has 2 aromatic carbocycles. The van der Waals surface area contributed by atoms with Crippen molar-refractivity contribution < 1.29 is 32.2 Å². The molecule has 2 aliphatic heterocycles. The van der Waals surface area contributed by atoms with Crippen LogP contribution in [0.5, 0.6) is 5.75 Å². The Bertz CT molecular complexity index is 982. The topological polar surface area (TPSA) is 60.0 Å². The minimum atomic E-state index is -4.38. The molecule has 1 N–H and O–H groups in total. The van der Waals surface area contributed by atoms with Gasteiger partial charge in [0.15, 0.2) is 0 Å². The van der Waals surface area contributed by atoms with Crippen LogP contribution in [0.15, 0.2) is 48.5 Å². The molecule has 2 fully saturated rings. The Morgan fingerprint density at radius 1 is 1.14 bits per heavy atom. The molecule has 0 radical (unpaired) electrons. The first-order valence-corrected chi connectivity index (χ1v) is 12.0. The van der Waals surface area contributed by atoms with E-state index in [1.807, 2.05) is 12.1 Å². The molecule has 0 aromatic heterocycles. The van der Waals surface area contributed by atoms with Crippen molar-refractivity contribution in [1.29, 1.82) is 0 Å². The van der Waals surface area contributed by atoms with Crippen LogP contribution >= 0.6 is 0 Å². The molecule has 190 valence electrons. The molecule has 0 amide bonds. The molecule has 2 aromatic rings. The van der Waals surface area contributed by atoms with Crippen LogP contribution in [0.2, 0.25) is 0 Å². The van der Waals surface area contributed by atoms with Gasteiger partial charge in [-0.15, -0.1) is 0 Å². The third kappa shape index (κ3) is 6.27. The van der Waals surface area contributed by atoms with Crippen molar-refractivity contribution >= 4 is 11.7 Å². The molecular weight excluding hydrogens is 461 g/mol. The van der Waals surface area contributed by atoms with E-state index < -0.39 is 11.7 Å². The van der Waals surface area contributed by atoms with Gasteiger partial charge >= 0.3 is 12.1 Å². The molecule has 4 atom stereocenters. The van der Waals surface area contributed by atoms with Gasteiger partial charge in [-0.2, -0.15) is 13.2 Å². The first-order valence-electron chi connectivity index (χ1n) is 12.0. The second-order valence-corrected chi connectivity index (χ2v) is 8.96. The summed E-state index contributed by atoms with van der Waals surface area (Å²) in [5.74, 6) is 0.0428. The first kappa shape index (κ1) is 25.3. The van der Waals surface area contributed by atoms with E-state index >= 15 is 0 Å². The van der Waals surface area contributed by atoms with Gasteiger partial charge in [0.05, 0.1) is 37.0 Å². The normalized spacial score (nSPS) is 24.9. The van der Waals surface area contributed by atoms with E-state index in [9.17, 15) is 18.0 Å². The summed E-state index contributed by atoms with van der Waals surface area (Å²) in [6, 6.07) is 12.4. The fourth-order valence-corrected chi connectivity index (χ4v) is 4.73. The van der Waals surface area contributed by atoms with Crippen molar-refractivity contribution in [3.8, 4) is 5.75 Å². The van der Waals surface area contributed by atoms with Crippen molar-refractivity contribution in [3.63, 3.8) is 0 Å². The number of anilines is 1. The number of benzene rings is 2. The smallest absolute Gasteiger partial charge is 0.416 e. The molecule has 9 heteroatoms. The maximum absolute atomic E-state index is 12.9. The van der Waals surface area contributed by atoms with E-state index in [-0.39, 0.29) is 30.3 Å². The van der Waals surface area contributed by atoms with Gasteiger partial charge in [-0.1, -0.05) is 0 Å². The lowest BCUT2D eigenvalue weighted by atomic mass is 10.00. The molecule has 0 aliphatic carbocycles. The quantitative estimate of drug-likeness (QED) is 0.567. The van der Waals surface area contributed by atoms with Crippen LogP contribution in [-0.4, -0.2) is 56.6 Å². The number of ether oxygens (including phenoxy) is 3. The van der Waals surface area contributed by atoms with Crippen molar-refractivity contribution in [2.45, 2.75) is 57.2 Å². The number of rotatable bonds is 7. The lowest BCUT2D eigenvalue weighted by Gasteiger charge is -2.35. The van der Waals surface area contributed by atoms with Crippen LogP contribution in [-0.2, 0) is 15.7 Å². The summed E-state index contributed by atoms with van der Waals surface area (Å²) in [7, 11) is 0. The average molecular weight is 493 g/mol. The molecule has 2 heterocycles. The Balaban J connectivity index is 1.50. The average Bonchev–Trinajstić information content (AvgIpc) is 3.22. The molecule has 0 saturated carbocycles. The van der Waals surface area contributed by atoms with Crippen LogP contribution in [0, 0.1) is 0 Å². The van der Waals surface area contributed by atoms with Crippen molar-refractivity contribution in [2.75, 3.05) is 31.2 Å². The highest BCUT2D eigenvalue weighted by Gasteiger charge is 2.37. The lowest BCUT2D eigenvalue weighted by molar-refractivity contribution is -0.137. The van der Waals surface area contributed by atoms with E-state index in [0.29, 0.717) is 37.5 Å². The molecule has 2 saturated heterocycles. The van der Waals surface area contributed by atoms with Crippen LogP contribution < -0.4 is 15.0 Å². The van der Waals surface area contributed by atoms with Gasteiger partial charge in [0, 0.05) is 30.7 Å². The van der Waals surface area contributed by atoms with E-state index in [2.05, 4.69) is 17.1 Å². The summed E-state index contributed by atoms with van der Waals surface area (Å²) < 4.78 is 55.9. The third-order valence-corrected chi connectivity index (χ3v) is 6.53. The van der Waals surface area contributed by atoms with E-state index in [1.165, 1.54) is 12.1 Å². The summed E-state index contributed by atoms with van der Waals surface area (Å²) in [5.41, 5.74) is 0.726. The van der Waals surface area contributed by atoms with Gasteiger partial charge in [-0.25, -0.2) is 4.79 Å². The highest BCUT2D eigenvalue weighted by molar-refractivity contribution is 5.89. The number of hydrogen-bond donors (Lipinski definition) is 1. The molecule has 2 aliphatic rings. The molecule has 4 rings (SSSR count). The molecular formula is C26H31F3N2O4. The van der Waals surface area contributed by atoms with Crippen LogP contribution in [0.1, 0.15) is 42.6 Å². The maximum Gasteiger partial charge on any atom is 0.416 e. The summed E-state index contributed by atoms with van der Waals surface area (Å²) in [6.07, 6.45) is -3.06. The van der Waals surface area contributed by atoms with E-state index in [4.69, 9.17) is 14.2 Å². The number of carbonyl (C=O) groups is 1. The Morgan fingerprint density at radius 3 is 2.49 bits per heavy atom. The van der Waals surface area contributed by atoms with Crippen molar-refractivity contribution in [2.24, 2.45) is 0 Å². The van der Waals surface area contributed by atoms with Gasteiger partial charge < -0.3 is 24.4 Å².